The number of hydrogen-bond donors (Lipinski definition) is 3. The summed E-state index contributed by atoms with van der Waals surface area (Å²) in [6.07, 6.45) is 1.81. The molecular weight excluding hydrogens is 176 g/mol. The van der Waals surface area contributed by atoms with Crippen molar-refractivity contribution in [2.75, 3.05) is 11.9 Å². The van der Waals surface area contributed by atoms with Crippen LogP contribution in [-0.4, -0.2) is 22.8 Å². The van der Waals surface area contributed by atoms with Gasteiger partial charge in [-0.05, 0) is 25.1 Å². The monoisotopic (exact) mass is 190 g/mol. The Kier molecular flexibility index (Phi) is 2.37. The maximum absolute atomic E-state index is 5.65. The first kappa shape index (κ1) is 9.02. The molecule has 4 heteroatoms. The molecule has 14 heavy (non-hydrogen) atoms. The minimum Gasteiger partial charge on any atom is -0.383 e. The van der Waals surface area contributed by atoms with Crippen LogP contribution in [0.3, 0.4) is 0 Å². The summed E-state index contributed by atoms with van der Waals surface area (Å²) in [7, 11) is 0. The molecule has 0 spiro atoms. The van der Waals surface area contributed by atoms with Gasteiger partial charge < -0.3 is 11.1 Å². The van der Waals surface area contributed by atoms with E-state index >= 15 is 0 Å². The number of aromatic nitrogens is 2. The number of nitrogens with one attached hydrogen (secondary N) is 2. The van der Waals surface area contributed by atoms with Crippen LogP contribution in [0.15, 0.2) is 24.4 Å². The molecular formula is C10H14N4. The molecule has 2 aromatic rings. The van der Waals surface area contributed by atoms with Crippen molar-refractivity contribution in [1.29, 1.82) is 0 Å². The zero-order chi connectivity index (χ0) is 9.97. The lowest BCUT2D eigenvalue weighted by Crippen LogP contribution is -2.25. The Hall–Kier alpha value is -1.55. The van der Waals surface area contributed by atoms with Crippen molar-refractivity contribution in [1.82, 2.24) is 10.2 Å². The van der Waals surface area contributed by atoms with Gasteiger partial charge in [0.15, 0.2) is 0 Å². The summed E-state index contributed by atoms with van der Waals surface area (Å²) < 4.78 is 0. The number of anilines is 1. The van der Waals surface area contributed by atoms with Gasteiger partial charge in [-0.25, -0.2) is 0 Å². The number of nitrogens with zero attached hydrogens (tertiary/aromatic N) is 1. The molecule has 2 rings (SSSR count). The summed E-state index contributed by atoms with van der Waals surface area (Å²) in [6, 6.07) is 6.25. The molecule has 4 N–H and O–H groups in total. The van der Waals surface area contributed by atoms with Crippen LogP contribution in [0, 0.1) is 0 Å². The van der Waals surface area contributed by atoms with Gasteiger partial charge in [0.1, 0.15) is 0 Å². The Morgan fingerprint density at radius 1 is 1.57 bits per heavy atom. The van der Waals surface area contributed by atoms with Crippen molar-refractivity contribution in [2.24, 2.45) is 5.73 Å². The molecule has 0 saturated carbocycles. The van der Waals surface area contributed by atoms with Crippen LogP contribution in [0.25, 0.3) is 10.9 Å². The van der Waals surface area contributed by atoms with Crippen molar-refractivity contribution in [3.63, 3.8) is 0 Å². The number of nitrogens with two attached hydrogens (primary N) is 1. The highest BCUT2D eigenvalue weighted by atomic mass is 15.1. The van der Waals surface area contributed by atoms with E-state index < -0.39 is 0 Å². The zero-order valence-electron chi connectivity index (χ0n) is 8.12. The summed E-state index contributed by atoms with van der Waals surface area (Å²) >= 11 is 0. The largest absolute Gasteiger partial charge is 0.383 e. The Labute approximate surface area is 82.5 Å². The SMILES string of the molecule is CC(N)CNc1ccc2cn[nH]c2c1. The van der Waals surface area contributed by atoms with Crippen LogP contribution in [0.1, 0.15) is 6.92 Å². The van der Waals surface area contributed by atoms with Gasteiger partial charge in [-0.2, -0.15) is 5.10 Å². The lowest BCUT2D eigenvalue weighted by Gasteiger charge is -2.08. The van der Waals surface area contributed by atoms with Gasteiger partial charge in [-0.3, -0.25) is 5.10 Å². The second-order valence-electron chi connectivity index (χ2n) is 3.53. The molecule has 1 unspecified atom stereocenters. The van der Waals surface area contributed by atoms with Crippen molar-refractivity contribution >= 4 is 16.6 Å². The predicted octanol–water partition coefficient (Wildman–Crippen LogP) is 1.32. The average molecular weight is 190 g/mol. The fourth-order valence-electron chi connectivity index (χ4n) is 1.33. The molecule has 1 aromatic carbocycles. The van der Waals surface area contributed by atoms with Crippen molar-refractivity contribution in [3.05, 3.63) is 24.4 Å². The summed E-state index contributed by atoms with van der Waals surface area (Å²) in [5, 5.41) is 11.3. The van der Waals surface area contributed by atoms with Crippen LogP contribution in [-0.2, 0) is 0 Å². The van der Waals surface area contributed by atoms with Crippen molar-refractivity contribution < 1.29 is 0 Å². The number of rotatable bonds is 3. The molecule has 0 radical (unpaired) electrons. The Bertz CT molecular complexity index is 419. The van der Waals surface area contributed by atoms with E-state index in [1.807, 2.05) is 31.3 Å². The average Bonchev–Trinajstić information content (AvgIpc) is 2.61. The summed E-state index contributed by atoms with van der Waals surface area (Å²) in [6.45, 7) is 2.75. The highest BCUT2D eigenvalue weighted by Gasteiger charge is 1.98. The topological polar surface area (TPSA) is 66.7 Å². The van der Waals surface area contributed by atoms with Crippen LogP contribution in [0.4, 0.5) is 5.69 Å². The van der Waals surface area contributed by atoms with Gasteiger partial charge in [0, 0.05) is 23.7 Å². The van der Waals surface area contributed by atoms with E-state index in [0.29, 0.717) is 0 Å². The Balaban J connectivity index is 2.17. The third-order valence-corrected chi connectivity index (χ3v) is 2.07. The van der Waals surface area contributed by atoms with Gasteiger partial charge >= 0.3 is 0 Å². The summed E-state index contributed by atoms with van der Waals surface area (Å²) in [5.41, 5.74) is 7.76. The van der Waals surface area contributed by atoms with Crippen LogP contribution in [0.2, 0.25) is 0 Å². The van der Waals surface area contributed by atoms with E-state index in [9.17, 15) is 0 Å². The highest BCUT2D eigenvalue weighted by Crippen LogP contribution is 2.16. The first-order valence-electron chi connectivity index (χ1n) is 4.68. The molecule has 4 nitrogen and oxygen atoms in total. The predicted molar refractivity (Wildman–Crippen MR) is 58.2 cm³/mol. The van der Waals surface area contributed by atoms with Crippen molar-refractivity contribution in [2.45, 2.75) is 13.0 Å². The van der Waals surface area contributed by atoms with Gasteiger partial charge in [-0.1, -0.05) is 0 Å². The molecule has 1 atom stereocenters. The molecule has 0 fully saturated rings. The van der Waals surface area contributed by atoms with Gasteiger partial charge in [0.2, 0.25) is 0 Å². The van der Waals surface area contributed by atoms with Gasteiger partial charge in [0.25, 0.3) is 0 Å². The first-order valence-corrected chi connectivity index (χ1v) is 4.68. The lowest BCUT2D eigenvalue weighted by atomic mass is 10.2. The molecule has 0 aliphatic carbocycles. The van der Waals surface area contributed by atoms with Gasteiger partial charge in [-0.15, -0.1) is 0 Å². The number of H-pyrrole nitrogens is 1. The molecule has 1 aromatic heterocycles. The molecule has 0 amide bonds. The van der Waals surface area contributed by atoms with E-state index in [1.54, 1.807) is 0 Å². The molecule has 0 saturated heterocycles. The lowest BCUT2D eigenvalue weighted by molar-refractivity contribution is 0.780. The minimum absolute atomic E-state index is 0.160. The number of aromatic amines is 1. The maximum atomic E-state index is 5.65. The summed E-state index contributed by atoms with van der Waals surface area (Å²) in [5.74, 6) is 0. The van der Waals surface area contributed by atoms with E-state index in [1.165, 1.54) is 0 Å². The molecule has 74 valence electrons. The smallest absolute Gasteiger partial charge is 0.0670 e. The molecule has 0 bridgehead atoms. The normalized spacial score (nSPS) is 13.0. The Morgan fingerprint density at radius 3 is 3.21 bits per heavy atom. The fraction of sp³-hybridized carbons (Fsp3) is 0.300. The van der Waals surface area contributed by atoms with Crippen LogP contribution < -0.4 is 11.1 Å². The quantitative estimate of drug-likeness (QED) is 0.683. The van der Waals surface area contributed by atoms with Crippen LogP contribution in [0.5, 0.6) is 0 Å². The van der Waals surface area contributed by atoms with E-state index in [4.69, 9.17) is 5.73 Å². The fourth-order valence-corrected chi connectivity index (χ4v) is 1.33. The number of benzene rings is 1. The third kappa shape index (κ3) is 1.85. The minimum atomic E-state index is 0.160. The molecule has 1 heterocycles. The first-order chi connectivity index (χ1) is 6.75. The number of fused-ring (bicyclic) bond motifs is 1. The molecule has 0 aliphatic rings. The summed E-state index contributed by atoms with van der Waals surface area (Å²) in [4.78, 5) is 0. The zero-order valence-corrected chi connectivity index (χ0v) is 8.12. The van der Waals surface area contributed by atoms with E-state index in [-0.39, 0.29) is 6.04 Å². The second-order valence-corrected chi connectivity index (χ2v) is 3.53. The van der Waals surface area contributed by atoms with Crippen LogP contribution >= 0.6 is 0 Å². The highest BCUT2D eigenvalue weighted by molar-refractivity contribution is 5.81. The standard InChI is InChI=1S/C10H14N4/c1-7(11)5-12-9-3-2-8-6-13-14-10(8)4-9/h2-4,6-7,12H,5,11H2,1H3,(H,13,14). The van der Waals surface area contributed by atoms with Crippen molar-refractivity contribution in [3.8, 4) is 0 Å². The third-order valence-electron chi connectivity index (χ3n) is 2.07. The second kappa shape index (κ2) is 3.67. The molecule has 0 aliphatic heterocycles. The van der Waals surface area contributed by atoms with E-state index in [2.05, 4.69) is 15.5 Å². The van der Waals surface area contributed by atoms with E-state index in [0.717, 1.165) is 23.1 Å². The number of hydrogen-bond acceptors (Lipinski definition) is 3. The Morgan fingerprint density at radius 2 is 2.43 bits per heavy atom. The van der Waals surface area contributed by atoms with Gasteiger partial charge in [0.05, 0.1) is 11.7 Å². The maximum Gasteiger partial charge on any atom is 0.0670 e.